The smallest absolute Gasteiger partial charge is 0.217 e. The minimum Gasteiger partial charge on any atom is -0.466 e. The lowest BCUT2D eigenvalue weighted by atomic mass is 9.84. The van der Waals surface area contributed by atoms with Crippen LogP contribution in [0.4, 0.5) is 0 Å². The van der Waals surface area contributed by atoms with Crippen molar-refractivity contribution in [3.05, 3.63) is 35.6 Å². The fourth-order valence-electron chi connectivity index (χ4n) is 2.51. The first-order chi connectivity index (χ1) is 9.54. The van der Waals surface area contributed by atoms with Gasteiger partial charge in [-0.25, -0.2) is 0 Å². The summed E-state index contributed by atoms with van der Waals surface area (Å²) in [6.45, 7) is 8.79. The molecule has 2 atom stereocenters. The van der Waals surface area contributed by atoms with E-state index in [1.54, 1.807) is 6.08 Å². The average Bonchev–Trinajstić information content (AvgIpc) is 2.38. The summed E-state index contributed by atoms with van der Waals surface area (Å²) in [6, 6.07) is 0. The molecule has 0 heterocycles. The monoisotopic (exact) mass is 278 g/mol. The van der Waals surface area contributed by atoms with E-state index in [-0.39, 0.29) is 0 Å². The molecule has 20 heavy (non-hydrogen) atoms. The lowest BCUT2D eigenvalue weighted by molar-refractivity contribution is -0.0353. The molecule has 0 radical (unpaired) electrons. The number of hydrogen-bond acceptors (Lipinski definition) is 2. The van der Waals surface area contributed by atoms with Crippen LogP contribution in [0.25, 0.3) is 0 Å². The van der Waals surface area contributed by atoms with Crippen molar-refractivity contribution in [3.63, 3.8) is 0 Å². The predicted molar refractivity (Wildman–Crippen MR) is 85.2 cm³/mol. The first-order valence-electron chi connectivity index (χ1n) is 7.94. The van der Waals surface area contributed by atoms with Gasteiger partial charge in [0, 0.05) is 6.42 Å². The van der Waals surface area contributed by atoms with Crippen molar-refractivity contribution in [2.45, 2.75) is 66.1 Å². The van der Waals surface area contributed by atoms with Crippen molar-refractivity contribution in [3.8, 4) is 0 Å². The van der Waals surface area contributed by atoms with Crippen molar-refractivity contribution in [2.24, 2.45) is 11.8 Å². The minimum absolute atomic E-state index is 0.498. The molecule has 1 aliphatic rings. The van der Waals surface area contributed by atoms with Gasteiger partial charge in [0.15, 0.2) is 0 Å². The van der Waals surface area contributed by atoms with Crippen LogP contribution in [0.1, 0.15) is 59.8 Å². The molecule has 0 fully saturated rings. The van der Waals surface area contributed by atoms with Gasteiger partial charge in [-0.2, -0.15) is 0 Å². The number of allylic oxidation sites excluding steroid dienone is 5. The summed E-state index contributed by atoms with van der Waals surface area (Å²) in [6.07, 6.45) is 12.3. The Hall–Kier alpha value is -1.02. The molecule has 2 heteroatoms. The van der Waals surface area contributed by atoms with E-state index in [1.807, 2.05) is 12.2 Å². The molecule has 0 aromatic carbocycles. The highest BCUT2D eigenvalue weighted by Gasteiger charge is 2.22. The van der Waals surface area contributed by atoms with Crippen LogP contribution in [0.2, 0.25) is 0 Å². The molecule has 0 saturated heterocycles. The van der Waals surface area contributed by atoms with Crippen molar-refractivity contribution < 1.29 is 9.84 Å². The molecular weight excluding hydrogens is 248 g/mol. The van der Waals surface area contributed by atoms with Crippen molar-refractivity contribution in [1.82, 2.24) is 0 Å². The molecule has 0 amide bonds. The van der Waals surface area contributed by atoms with Gasteiger partial charge >= 0.3 is 0 Å². The summed E-state index contributed by atoms with van der Waals surface area (Å²) in [5.74, 6) is 2.15. The second kappa shape index (κ2) is 9.02. The summed E-state index contributed by atoms with van der Waals surface area (Å²) < 4.78 is 5.76. The van der Waals surface area contributed by atoms with E-state index in [2.05, 4.69) is 33.8 Å². The molecule has 1 rings (SSSR count). The largest absolute Gasteiger partial charge is 0.466 e. The lowest BCUT2D eigenvalue weighted by Gasteiger charge is -2.28. The summed E-state index contributed by atoms with van der Waals surface area (Å²) >= 11 is 0. The van der Waals surface area contributed by atoms with Crippen LogP contribution in [-0.4, -0.2) is 11.4 Å². The third-order valence-electron chi connectivity index (χ3n) is 3.74. The van der Waals surface area contributed by atoms with Gasteiger partial charge in [-0.3, -0.25) is 0 Å². The topological polar surface area (TPSA) is 29.5 Å². The predicted octanol–water partition coefficient (Wildman–Crippen LogP) is 4.96. The fourth-order valence-corrected chi connectivity index (χ4v) is 2.51. The highest BCUT2D eigenvalue weighted by atomic mass is 16.6. The zero-order valence-corrected chi connectivity index (χ0v) is 13.4. The van der Waals surface area contributed by atoms with E-state index < -0.39 is 6.29 Å². The van der Waals surface area contributed by atoms with E-state index in [1.165, 1.54) is 12.0 Å². The van der Waals surface area contributed by atoms with Crippen LogP contribution in [-0.2, 0) is 4.74 Å². The van der Waals surface area contributed by atoms with Crippen LogP contribution in [0.5, 0.6) is 0 Å². The van der Waals surface area contributed by atoms with Gasteiger partial charge in [-0.1, -0.05) is 52.3 Å². The maximum absolute atomic E-state index is 9.97. The lowest BCUT2D eigenvalue weighted by Crippen LogP contribution is -2.17. The Morgan fingerprint density at radius 1 is 1.35 bits per heavy atom. The molecule has 0 bridgehead atoms. The van der Waals surface area contributed by atoms with Gasteiger partial charge in [-0.05, 0) is 42.7 Å². The van der Waals surface area contributed by atoms with Crippen LogP contribution in [0.3, 0.4) is 0 Å². The molecule has 0 aliphatic heterocycles. The van der Waals surface area contributed by atoms with Gasteiger partial charge in [0.1, 0.15) is 0 Å². The van der Waals surface area contributed by atoms with E-state index >= 15 is 0 Å². The number of unbranched alkanes of at least 4 members (excludes halogenated alkanes) is 1. The van der Waals surface area contributed by atoms with Crippen LogP contribution < -0.4 is 0 Å². The average molecular weight is 278 g/mol. The number of ether oxygens (including phenoxy) is 1. The zero-order chi connectivity index (χ0) is 15.0. The molecule has 1 N–H and O–H groups in total. The quantitative estimate of drug-likeness (QED) is 0.526. The van der Waals surface area contributed by atoms with Crippen LogP contribution in [0, 0.1) is 11.8 Å². The summed E-state index contributed by atoms with van der Waals surface area (Å²) in [7, 11) is 0. The number of aliphatic hydroxyl groups is 1. The Kier molecular flexibility index (Phi) is 7.68. The normalized spacial score (nSPS) is 22.2. The van der Waals surface area contributed by atoms with Crippen molar-refractivity contribution in [2.75, 3.05) is 0 Å². The second-order valence-corrected chi connectivity index (χ2v) is 6.06. The number of rotatable bonds is 7. The Balaban J connectivity index is 2.59. The van der Waals surface area contributed by atoms with E-state index in [0.29, 0.717) is 11.8 Å². The Morgan fingerprint density at radius 2 is 2.10 bits per heavy atom. The van der Waals surface area contributed by atoms with Crippen LogP contribution >= 0.6 is 0 Å². The van der Waals surface area contributed by atoms with Crippen LogP contribution in [0.15, 0.2) is 35.6 Å². The van der Waals surface area contributed by atoms with Gasteiger partial charge in [0.25, 0.3) is 0 Å². The summed E-state index contributed by atoms with van der Waals surface area (Å²) in [5, 5.41) is 9.97. The molecular formula is C18H30O2. The molecule has 1 aliphatic carbocycles. The number of hydrogen-bond donors (Lipinski definition) is 1. The van der Waals surface area contributed by atoms with E-state index in [4.69, 9.17) is 4.74 Å². The second-order valence-electron chi connectivity index (χ2n) is 6.06. The Bertz CT molecular complexity index is 364. The molecule has 0 aromatic rings. The SMILES string of the molecule is CCCC=CC=CC(O)OC1=C(C(C)C)CCC(C)C1. The highest BCUT2D eigenvalue weighted by Crippen LogP contribution is 2.34. The minimum atomic E-state index is -0.838. The summed E-state index contributed by atoms with van der Waals surface area (Å²) in [5.41, 5.74) is 1.37. The van der Waals surface area contributed by atoms with Gasteiger partial charge in [-0.15, -0.1) is 0 Å². The Morgan fingerprint density at radius 3 is 2.75 bits per heavy atom. The Labute approximate surface area is 124 Å². The first-order valence-corrected chi connectivity index (χ1v) is 7.94. The molecule has 114 valence electrons. The zero-order valence-electron chi connectivity index (χ0n) is 13.4. The van der Waals surface area contributed by atoms with Crippen molar-refractivity contribution in [1.29, 1.82) is 0 Å². The fraction of sp³-hybridized carbons (Fsp3) is 0.667. The molecule has 0 saturated carbocycles. The number of aliphatic hydroxyl groups excluding tert-OH is 1. The van der Waals surface area contributed by atoms with E-state index in [9.17, 15) is 5.11 Å². The molecule has 2 nitrogen and oxygen atoms in total. The van der Waals surface area contributed by atoms with Crippen molar-refractivity contribution >= 4 is 0 Å². The summed E-state index contributed by atoms with van der Waals surface area (Å²) in [4.78, 5) is 0. The van der Waals surface area contributed by atoms with Gasteiger partial charge < -0.3 is 9.84 Å². The molecule has 2 unspecified atom stereocenters. The van der Waals surface area contributed by atoms with E-state index in [0.717, 1.165) is 31.4 Å². The third-order valence-corrected chi connectivity index (χ3v) is 3.74. The van der Waals surface area contributed by atoms with Gasteiger partial charge in [0.05, 0.1) is 5.76 Å². The molecule has 0 spiro atoms. The highest BCUT2D eigenvalue weighted by molar-refractivity contribution is 5.15. The third kappa shape index (κ3) is 5.96. The standard InChI is InChI=1S/C18H30O2/c1-5-6-7-8-9-10-18(19)20-17-13-15(4)11-12-16(17)14(2)3/h7-10,14-15,18-19H,5-6,11-13H2,1-4H3. The first kappa shape index (κ1) is 17.0. The maximum Gasteiger partial charge on any atom is 0.217 e. The molecule has 0 aromatic heterocycles. The maximum atomic E-state index is 9.97. The van der Waals surface area contributed by atoms with Gasteiger partial charge in [0.2, 0.25) is 6.29 Å².